The number of amides is 3. The van der Waals surface area contributed by atoms with Gasteiger partial charge in [0.05, 0.1) is 5.92 Å². The number of nitrogens with zero attached hydrogens (tertiary/aromatic N) is 2. The number of aliphatic carboxylic acids is 1. The van der Waals surface area contributed by atoms with Crippen molar-refractivity contribution in [3.05, 3.63) is 40.5 Å². The number of urea groups is 1. The van der Waals surface area contributed by atoms with Gasteiger partial charge in [-0.2, -0.15) is 0 Å². The van der Waals surface area contributed by atoms with E-state index < -0.39 is 23.5 Å². The lowest BCUT2D eigenvalue weighted by atomic mass is 9.91. The van der Waals surface area contributed by atoms with Crippen molar-refractivity contribution in [3.63, 3.8) is 0 Å². The van der Waals surface area contributed by atoms with Crippen LogP contribution in [0.5, 0.6) is 0 Å². The molecule has 2 aliphatic carbocycles. The Morgan fingerprint density at radius 1 is 1.16 bits per heavy atom. The molecule has 1 heterocycles. The number of carboxylic acids is 1. The molecule has 1 aliphatic heterocycles. The topological polar surface area (TPSA) is 95.0 Å². The summed E-state index contributed by atoms with van der Waals surface area (Å²) < 4.78 is 0. The number of Topliss-reactive ketones (excluding diaryl/α,β-unsaturated/α-hetero) is 1. The number of fused-ring (bicyclic) bond motifs is 2. The van der Waals surface area contributed by atoms with Crippen LogP contribution in [-0.2, 0) is 16.0 Å². The van der Waals surface area contributed by atoms with Crippen LogP contribution >= 0.6 is 0 Å². The van der Waals surface area contributed by atoms with E-state index in [9.17, 15) is 24.3 Å². The second-order valence-electron chi connectivity index (χ2n) is 9.65. The van der Waals surface area contributed by atoms with Crippen molar-refractivity contribution in [1.29, 1.82) is 0 Å². The highest BCUT2D eigenvalue weighted by Crippen LogP contribution is 2.41. The maximum atomic E-state index is 12.9. The molecule has 1 aromatic carbocycles. The van der Waals surface area contributed by atoms with Gasteiger partial charge in [-0.25, -0.2) is 4.79 Å². The summed E-state index contributed by atoms with van der Waals surface area (Å²) in [6.45, 7) is 3.30. The fourth-order valence-corrected chi connectivity index (χ4v) is 5.04. The number of carboxylic acid groups (broad SMARTS) is 1. The fraction of sp³-hybridized carbons (Fsp3) is 0.520. The molecule has 1 atom stereocenters. The molecule has 0 saturated carbocycles. The van der Waals surface area contributed by atoms with E-state index in [0.717, 1.165) is 29.7 Å². The predicted octanol–water partition coefficient (Wildman–Crippen LogP) is 3.91. The molecule has 1 N–H and O–H groups in total. The van der Waals surface area contributed by atoms with Crippen LogP contribution in [0.3, 0.4) is 0 Å². The molecule has 32 heavy (non-hydrogen) atoms. The summed E-state index contributed by atoms with van der Waals surface area (Å²) in [7, 11) is 1.55. The third-order valence-electron chi connectivity index (χ3n) is 7.35. The number of allylic oxidation sites excluding steroid dienone is 2. The Labute approximate surface area is 188 Å². The third-order valence-corrected chi connectivity index (χ3v) is 7.35. The van der Waals surface area contributed by atoms with Gasteiger partial charge >= 0.3 is 12.0 Å². The van der Waals surface area contributed by atoms with Crippen LogP contribution in [0.4, 0.5) is 4.79 Å². The Morgan fingerprint density at radius 3 is 2.53 bits per heavy atom. The molecule has 0 unspecified atom stereocenters. The zero-order chi connectivity index (χ0) is 23.2. The fourth-order valence-electron chi connectivity index (χ4n) is 5.04. The van der Waals surface area contributed by atoms with Crippen molar-refractivity contribution in [3.8, 4) is 0 Å². The number of likely N-dealkylation sites (N-methyl/N-ethyl adjacent to an activating group) is 1. The average Bonchev–Trinajstić information content (AvgIpc) is 3.20. The Bertz CT molecular complexity index is 1040. The van der Waals surface area contributed by atoms with E-state index in [4.69, 9.17) is 0 Å². The van der Waals surface area contributed by atoms with Crippen molar-refractivity contribution < 1.29 is 24.3 Å². The van der Waals surface area contributed by atoms with Gasteiger partial charge in [0.25, 0.3) is 5.91 Å². The first kappa shape index (κ1) is 22.2. The van der Waals surface area contributed by atoms with E-state index in [1.807, 2.05) is 12.1 Å². The molecule has 1 fully saturated rings. The Balaban J connectivity index is 1.42. The average molecular weight is 439 g/mol. The zero-order valence-electron chi connectivity index (χ0n) is 18.9. The standard InChI is InChI=1S/C25H30N2O5/c1-25(2)23(31)27(24(32)26(25)3)11-10-17(22(29)30)14-21(28)16-8-9-20-18(13-16)12-15-6-4-5-7-19(15)20/h8-9,13,17H,4-7,10-12,14H2,1-3H3,(H,29,30)/t17-/m0/s1. The smallest absolute Gasteiger partial charge is 0.327 e. The Morgan fingerprint density at radius 2 is 1.88 bits per heavy atom. The molecule has 1 aromatic rings. The molecule has 0 bridgehead atoms. The number of benzene rings is 1. The molecule has 1 saturated heterocycles. The van der Waals surface area contributed by atoms with Gasteiger partial charge in [-0.05, 0) is 75.1 Å². The van der Waals surface area contributed by atoms with Crippen LogP contribution < -0.4 is 0 Å². The van der Waals surface area contributed by atoms with Crippen LogP contribution in [0.15, 0.2) is 23.8 Å². The summed E-state index contributed by atoms with van der Waals surface area (Å²) >= 11 is 0. The predicted molar refractivity (Wildman–Crippen MR) is 119 cm³/mol. The minimum atomic E-state index is -1.09. The minimum Gasteiger partial charge on any atom is -0.481 e. The first-order valence-corrected chi connectivity index (χ1v) is 11.3. The number of hydrogen-bond donors (Lipinski definition) is 1. The molecule has 7 heteroatoms. The maximum Gasteiger partial charge on any atom is 0.327 e. The van der Waals surface area contributed by atoms with E-state index in [1.165, 1.54) is 34.5 Å². The molecule has 4 rings (SSSR count). The zero-order valence-corrected chi connectivity index (χ0v) is 18.9. The van der Waals surface area contributed by atoms with Gasteiger partial charge in [0.15, 0.2) is 5.78 Å². The lowest BCUT2D eigenvalue weighted by Crippen LogP contribution is -2.41. The molecule has 0 radical (unpaired) electrons. The molecule has 3 amide bonds. The van der Waals surface area contributed by atoms with Gasteiger partial charge in [-0.3, -0.25) is 19.3 Å². The van der Waals surface area contributed by atoms with E-state index in [-0.39, 0.29) is 31.1 Å². The minimum absolute atomic E-state index is 0.0174. The highest BCUT2D eigenvalue weighted by Gasteiger charge is 2.49. The SMILES string of the molecule is CN1C(=O)N(CC[C@@H](CC(=O)c2ccc3c(c2)CC2=C3CCCC2)C(=O)O)C(=O)C1(C)C. The van der Waals surface area contributed by atoms with Gasteiger partial charge in [-0.15, -0.1) is 0 Å². The number of rotatable bonds is 7. The van der Waals surface area contributed by atoms with Crippen molar-refractivity contribution in [2.75, 3.05) is 13.6 Å². The summed E-state index contributed by atoms with van der Waals surface area (Å²) in [5, 5.41) is 9.67. The summed E-state index contributed by atoms with van der Waals surface area (Å²) in [6.07, 6.45) is 5.41. The van der Waals surface area contributed by atoms with Crippen molar-refractivity contribution in [1.82, 2.24) is 9.80 Å². The van der Waals surface area contributed by atoms with E-state index in [1.54, 1.807) is 27.0 Å². The van der Waals surface area contributed by atoms with Crippen molar-refractivity contribution in [2.24, 2.45) is 5.92 Å². The van der Waals surface area contributed by atoms with Crippen LogP contribution in [0.2, 0.25) is 0 Å². The van der Waals surface area contributed by atoms with Crippen LogP contribution in [-0.4, -0.2) is 57.7 Å². The Hall–Kier alpha value is -2.96. The van der Waals surface area contributed by atoms with Crippen molar-refractivity contribution in [2.45, 2.75) is 64.3 Å². The van der Waals surface area contributed by atoms with Crippen LogP contribution in [0.25, 0.3) is 5.57 Å². The monoisotopic (exact) mass is 438 g/mol. The summed E-state index contributed by atoms with van der Waals surface area (Å²) in [5.41, 5.74) is 4.89. The van der Waals surface area contributed by atoms with E-state index in [2.05, 4.69) is 0 Å². The normalized spacial score (nSPS) is 20.5. The van der Waals surface area contributed by atoms with E-state index >= 15 is 0 Å². The highest BCUT2D eigenvalue weighted by molar-refractivity contribution is 6.06. The summed E-state index contributed by atoms with van der Waals surface area (Å²) in [6, 6.07) is 5.28. The van der Waals surface area contributed by atoms with Gasteiger partial charge < -0.3 is 10.0 Å². The second-order valence-corrected chi connectivity index (χ2v) is 9.65. The van der Waals surface area contributed by atoms with Gasteiger partial charge in [0, 0.05) is 25.6 Å². The maximum absolute atomic E-state index is 12.9. The quantitative estimate of drug-likeness (QED) is 0.514. The highest BCUT2D eigenvalue weighted by atomic mass is 16.4. The van der Waals surface area contributed by atoms with Crippen molar-refractivity contribution >= 4 is 29.3 Å². The lowest BCUT2D eigenvalue weighted by molar-refractivity contribution is -0.142. The summed E-state index contributed by atoms with van der Waals surface area (Å²) in [4.78, 5) is 52.1. The molecule has 0 aromatic heterocycles. The Kier molecular flexibility index (Phi) is 5.69. The van der Waals surface area contributed by atoms with E-state index in [0.29, 0.717) is 5.56 Å². The largest absolute Gasteiger partial charge is 0.481 e. The lowest BCUT2D eigenvalue weighted by Gasteiger charge is -2.22. The molecule has 7 nitrogen and oxygen atoms in total. The molecular weight excluding hydrogens is 408 g/mol. The third kappa shape index (κ3) is 3.74. The first-order valence-electron chi connectivity index (χ1n) is 11.3. The molecule has 0 spiro atoms. The van der Waals surface area contributed by atoms with Gasteiger partial charge in [-0.1, -0.05) is 17.7 Å². The number of hydrogen-bond acceptors (Lipinski definition) is 4. The van der Waals surface area contributed by atoms with Crippen LogP contribution in [0, 0.1) is 5.92 Å². The van der Waals surface area contributed by atoms with Gasteiger partial charge in [0.1, 0.15) is 5.54 Å². The van der Waals surface area contributed by atoms with Gasteiger partial charge in [0.2, 0.25) is 0 Å². The number of ketones is 1. The second kappa shape index (κ2) is 8.19. The molecule has 170 valence electrons. The number of carbonyl (C=O) groups is 4. The van der Waals surface area contributed by atoms with Crippen LogP contribution in [0.1, 0.15) is 73.9 Å². The number of imide groups is 1. The first-order chi connectivity index (χ1) is 15.1. The molecule has 3 aliphatic rings. The summed E-state index contributed by atoms with van der Waals surface area (Å²) in [5.74, 6) is -2.63. The number of carbonyl (C=O) groups excluding carboxylic acids is 3. The molecular formula is C25H30N2O5.